The molecule has 2 aromatic carbocycles. The van der Waals surface area contributed by atoms with Gasteiger partial charge in [-0.3, -0.25) is 14.5 Å². The summed E-state index contributed by atoms with van der Waals surface area (Å²) >= 11 is 0. The van der Waals surface area contributed by atoms with Crippen LogP contribution < -0.4 is 4.74 Å². The number of carbonyl (C=O) groups is 2. The minimum Gasteiger partial charge on any atom is -0.461 e. The van der Waals surface area contributed by atoms with E-state index in [1.807, 2.05) is 36.4 Å². The first kappa shape index (κ1) is 26.6. The van der Waals surface area contributed by atoms with E-state index in [0.29, 0.717) is 30.7 Å². The first-order chi connectivity index (χ1) is 15.8. The SMILES string of the molecule is CCC(=O)OCc1ccc(OC(=O)CC)c(C(CCN(C(C)C)C(C)C)c2ccccc2)c1. The summed E-state index contributed by atoms with van der Waals surface area (Å²) in [5.41, 5.74) is 3.00. The summed E-state index contributed by atoms with van der Waals surface area (Å²) in [5.74, 6) is 0.107. The lowest BCUT2D eigenvalue weighted by molar-refractivity contribution is -0.144. The van der Waals surface area contributed by atoms with Crippen molar-refractivity contribution in [3.63, 3.8) is 0 Å². The van der Waals surface area contributed by atoms with E-state index in [1.54, 1.807) is 13.8 Å². The normalized spacial score (nSPS) is 12.3. The zero-order valence-corrected chi connectivity index (χ0v) is 21.0. The average Bonchev–Trinajstić information content (AvgIpc) is 2.81. The minimum atomic E-state index is -0.265. The number of benzene rings is 2. The lowest BCUT2D eigenvalue weighted by Crippen LogP contribution is -2.38. The number of nitrogens with zero attached hydrogens (tertiary/aromatic N) is 1. The Hall–Kier alpha value is -2.66. The Kier molecular flexibility index (Phi) is 10.6. The molecule has 5 nitrogen and oxygen atoms in total. The molecule has 1 atom stereocenters. The average molecular weight is 454 g/mol. The zero-order chi connectivity index (χ0) is 24.4. The van der Waals surface area contributed by atoms with Gasteiger partial charge in [0.05, 0.1) is 0 Å². The summed E-state index contributed by atoms with van der Waals surface area (Å²) < 4.78 is 11.1. The van der Waals surface area contributed by atoms with Crippen molar-refractivity contribution in [1.29, 1.82) is 0 Å². The topological polar surface area (TPSA) is 55.8 Å². The van der Waals surface area contributed by atoms with Gasteiger partial charge in [-0.2, -0.15) is 0 Å². The molecule has 0 spiro atoms. The fraction of sp³-hybridized carbons (Fsp3) is 0.500. The van der Waals surface area contributed by atoms with Crippen molar-refractivity contribution in [2.45, 2.75) is 85.4 Å². The van der Waals surface area contributed by atoms with Gasteiger partial charge in [0.15, 0.2) is 0 Å². The van der Waals surface area contributed by atoms with Gasteiger partial charge < -0.3 is 9.47 Å². The molecule has 180 valence electrons. The maximum absolute atomic E-state index is 12.2. The molecule has 0 radical (unpaired) electrons. The number of esters is 2. The van der Waals surface area contributed by atoms with Gasteiger partial charge in [-0.15, -0.1) is 0 Å². The summed E-state index contributed by atoms with van der Waals surface area (Å²) in [6.07, 6.45) is 1.51. The summed E-state index contributed by atoms with van der Waals surface area (Å²) in [6.45, 7) is 13.5. The van der Waals surface area contributed by atoms with E-state index < -0.39 is 0 Å². The van der Waals surface area contributed by atoms with Crippen LogP contribution in [0, 0.1) is 0 Å². The van der Waals surface area contributed by atoms with Crippen molar-refractivity contribution in [2.75, 3.05) is 6.54 Å². The molecule has 5 heteroatoms. The predicted octanol–water partition coefficient (Wildman–Crippen LogP) is 6.10. The molecule has 0 N–H and O–H groups in total. The minimum absolute atomic E-state index is 0.0349. The highest BCUT2D eigenvalue weighted by Gasteiger charge is 2.23. The highest BCUT2D eigenvalue weighted by atomic mass is 16.5. The van der Waals surface area contributed by atoms with Crippen molar-refractivity contribution in [1.82, 2.24) is 4.90 Å². The Balaban J connectivity index is 2.48. The largest absolute Gasteiger partial charge is 0.461 e. The maximum atomic E-state index is 12.2. The van der Waals surface area contributed by atoms with E-state index in [2.05, 4.69) is 44.7 Å². The van der Waals surface area contributed by atoms with E-state index in [1.165, 1.54) is 5.56 Å². The molecule has 2 rings (SSSR count). The molecular formula is C28H39NO4. The van der Waals surface area contributed by atoms with Gasteiger partial charge in [0.25, 0.3) is 0 Å². The summed E-state index contributed by atoms with van der Waals surface area (Å²) in [5, 5.41) is 0. The molecule has 0 saturated heterocycles. The van der Waals surface area contributed by atoms with Crippen LogP contribution in [0.25, 0.3) is 0 Å². The fourth-order valence-corrected chi connectivity index (χ4v) is 4.09. The molecule has 0 saturated carbocycles. The Morgan fingerprint density at radius 3 is 2.09 bits per heavy atom. The number of carbonyl (C=O) groups excluding carboxylic acids is 2. The van der Waals surface area contributed by atoms with E-state index in [9.17, 15) is 9.59 Å². The molecule has 0 aliphatic carbocycles. The Morgan fingerprint density at radius 1 is 0.879 bits per heavy atom. The van der Waals surface area contributed by atoms with E-state index in [4.69, 9.17) is 9.47 Å². The number of hydrogen-bond donors (Lipinski definition) is 0. The molecule has 0 bridgehead atoms. The van der Waals surface area contributed by atoms with Crippen LogP contribution in [-0.4, -0.2) is 35.5 Å². The molecule has 1 unspecified atom stereocenters. The number of hydrogen-bond acceptors (Lipinski definition) is 5. The van der Waals surface area contributed by atoms with Gasteiger partial charge in [-0.25, -0.2) is 0 Å². The van der Waals surface area contributed by atoms with Crippen LogP contribution in [0.1, 0.15) is 83.4 Å². The molecule has 0 heterocycles. The summed E-state index contributed by atoms with van der Waals surface area (Å²) in [7, 11) is 0. The molecular weight excluding hydrogens is 414 g/mol. The first-order valence-electron chi connectivity index (χ1n) is 12.1. The van der Waals surface area contributed by atoms with E-state index >= 15 is 0 Å². The van der Waals surface area contributed by atoms with Gasteiger partial charge >= 0.3 is 11.9 Å². The second-order valence-electron chi connectivity index (χ2n) is 8.89. The molecule has 0 aliphatic rings. The predicted molar refractivity (Wildman–Crippen MR) is 132 cm³/mol. The first-order valence-corrected chi connectivity index (χ1v) is 12.1. The lowest BCUT2D eigenvalue weighted by Gasteiger charge is -2.32. The second kappa shape index (κ2) is 13.1. The third kappa shape index (κ3) is 8.01. The third-order valence-electron chi connectivity index (χ3n) is 5.86. The summed E-state index contributed by atoms with van der Waals surface area (Å²) in [4.78, 5) is 26.3. The van der Waals surface area contributed by atoms with Crippen LogP contribution in [0.15, 0.2) is 48.5 Å². The number of ether oxygens (including phenoxy) is 2. The van der Waals surface area contributed by atoms with Crippen molar-refractivity contribution in [3.05, 3.63) is 65.2 Å². The van der Waals surface area contributed by atoms with Gasteiger partial charge in [-0.05, 0) is 63.9 Å². The smallest absolute Gasteiger partial charge is 0.310 e. The number of rotatable bonds is 12. The quantitative estimate of drug-likeness (QED) is 0.287. The highest BCUT2D eigenvalue weighted by Crippen LogP contribution is 2.36. The van der Waals surface area contributed by atoms with Gasteiger partial charge in [0.2, 0.25) is 0 Å². The lowest BCUT2D eigenvalue weighted by atomic mass is 9.86. The Labute approximate surface area is 199 Å². The van der Waals surface area contributed by atoms with Crippen LogP contribution in [0.4, 0.5) is 0 Å². The van der Waals surface area contributed by atoms with Gasteiger partial charge in [-0.1, -0.05) is 50.2 Å². The van der Waals surface area contributed by atoms with Crippen molar-refractivity contribution >= 4 is 11.9 Å². The molecule has 2 aromatic rings. The van der Waals surface area contributed by atoms with Crippen molar-refractivity contribution < 1.29 is 19.1 Å². The van der Waals surface area contributed by atoms with Crippen LogP contribution >= 0.6 is 0 Å². The Morgan fingerprint density at radius 2 is 1.52 bits per heavy atom. The van der Waals surface area contributed by atoms with Crippen LogP contribution in [0.2, 0.25) is 0 Å². The standard InChI is InChI=1S/C28H39NO4/c1-7-27(30)32-19-22-14-15-26(33-28(31)8-2)25(18-22)24(23-12-10-9-11-13-23)16-17-29(20(3)4)21(5)6/h9-15,18,20-21,24H,7-8,16-17,19H2,1-6H3. The summed E-state index contributed by atoms with van der Waals surface area (Å²) in [6, 6.07) is 16.9. The molecule has 0 aromatic heterocycles. The molecule has 0 fully saturated rings. The zero-order valence-electron chi connectivity index (χ0n) is 21.0. The van der Waals surface area contributed by atoms with E-state index in [0.717, 1.165) is 24.1 Å². The molecule has 0 amide bonds. The van der Waals surface area contributed by atoms with Crippen LogP contribution in [0.5, 0.6) is 5.75 Å². The van der Waals surface area contributed by atoms with Gasteiger partial charge in [0, 0.05) is 36.4 Å². The van der Waals surface area contributed by atoms with Crippen LogP contribution in [0.3, 0.4) is 0 Å². The van der Waals surface area contributed by atoms with Crippen molar-refractivity contribution in [2.24, 2.45) is 0 Å². The monoisotopic (exact) mass is 453 g/mol. The Bertz CT molecular complexity index is 884. The van der Waals surface area contributed by atoms with Crippen LogP contribution in [-0.2, 0) is 20.9 Å². The molecule has 33 heavy (non-hydrogen) atoms. The van der Waals surface area contributed by atoms with Crippen molar-refractivity contribution in [3.8, 4) is 5.75 Å². The maximum Gasteiger partial charge on any atom is 0.310 e. The third-order valence-corrected chi connectivity index (χ3v) is 5.86. The fourth-order valence-electron chi connectivity index (χ4n) is 4.09. The molecule has 0 aliphatic heterocycles. The van der Waals surface area contributed by atoms with Gasteiger partial charge in [0.1, 0.15) is 12.4 Å². The second-order valence-corrected chi connectivity index (χ2v) is 8.89. The highest BCUT2D eigenvalue weighted by molar-refractivity contribution is 5.72. The van der Waals surface area contributed by atoms with E-state index in [-0.39, 0.29) is 24.5 Å².